The molecule has 1 fully saturated rings. The standard InChI is InChI=1S/C15H19N3O3/c1-9-13(11-7-10(11)5-6-16)17-8-12(18(19)20)14(9)21-15(2,3)4/h8,10-11H,5,7H2,1-4H3. The lowest BCUT2D eigenvalue weighted by molar-refractivity contribution is -0.386. The van der Waals surface area contributed by atoms with Crippen molar-refractivity contribution in [2.24, 2.45) is 5.92 Å². The number of aromatic nitrogens is 1. The third-order valence-corrected chi connectivity index (χ3v) is 3.52. The number of pyridine rings is 1. The van der Waals surface area contributed by atoms with Crippen molar-refractivity contribution < 1.29 is 9.66 Å². The molecule has 0 amide bonds. The lowest BCUT2D eigenvalue weighted by atomic mass is 10.1. The molecule has 0 saturated heterocycles. The maximum Gasteiger partial charge on any atom is 0.329 e. The van der Waals surface area contributed by atoms with E-state index < -0.39 is 10.5 Å². The molecule has 0 bridgehead atoms. The van der Waals surface area contributed by atoms with Crippen LogP contribution in [0.25, 0.3) is 0 Å². The first kappa shape index (κ1) is 15.2. The Balaban J connectivity index is 2.40. The smallest absolute Gasteiger partial charge is 0.329 e. The zero-order valence-corrected chi connectivity index (χ0v) is 12.7. The predicted molar refractivity (Wildman–Crippen MR) is 77.1 cm³/mol. The normalized spacial score (nSPS) is 20.7. The summed E-state index contributed by atoms with van der Waals surface area (Å²) in [5.74, 6) is 0.818. The van der Waals surface area contributed by atoms with Gasteiger partial charge in [-0.05, 0) is 40.0 Å². The van der Waals surface area contributed by atoms with Gasteiger partial charge in [-0.15, -0.1) is 0 Å². The summed E-state index contributed by atoms with van der Waals surface area (Å²) < 4.78 is 5.79. The second kappa shape index (κ2) is 5.32. The second-order valence-electron chi connectivity index (χ2n) is 6.42. The average molecular weight is 289 g/mol. The Bertz CT molecular complexity index is 614. The molecule has 1 aliphatic carbocycles. The monoisotopic (exact) mass is 289 g/mol. The van der Waals surface area contributed by atoms with Crippen LogP contribution in [0.1, 0.15) is 50.8 Å². The third kappa shape index (κ3) is 3.30. The summed E-state index contributed by atoms with van der Waals surface area (Å²) >= 11 is 0. The van der Waals surface area contributed by atoms with Gasteiger partial charge in [-0.3, -0.25) is 15.1 Å². The van der Waals surface area contributed by atoms with Gasteiger partial charge in [0.25, 0.3) is 0 Å². The summed E-state index contributed by atoms with van der Waals surface area (Å²) in [6, 6.07) is 2.16. The number of hydrogen-bond donors (Lipinski definition) is 0. The van der Waals surface area contributed by atoms with E-state index in [1.54, 1.807) is 6.92 Å². The van der Waals surface area contributed by atoms with Gasteiger partial charge in [0, 0.05) is 17.9 Å². The van der Waals surface area contributed by atoms with Crippen molar-refractivity contribution >= 4 is 5.69 Å². The van der Waals surface area contributed by atoms with E-state index >= 15 is 0 Å². The molecule has 0 spiro atoms. The zero-order chi connectivity index (χ0) is 15.8. The van der Waals surface area contributed by atoms with Gasteiger partial charge in [-0.1, -0.05) is 0 Å². The summed E-state index contributed by atoms with van der Waals surface area (Å²) in [6.07, 6.45) is 2.68. The van der Waals surface area contributed by atoms with Crippen LogP contribution in [0.3, 0.4) is 0 Å². The topological polar surface area (TPSA) is 89.0 Å². The van der Waals surface area contributed by atoms with Gasteiger partial charge >= 0.3 is 5.69 Å². The van der Waals surface area contributed by atoms with Gasteiger partial charge < -0.3 is 4.74 Å². The number of nitriles is 1. The van der Waals surface area contributed by atoms with Gasteiger partial charge in [0.15, 0.2) is 0 Å². The van der Waals surface area contributed by atoms with Crippen LogP contribution in [0, 0.1) is 34.3 Å². The molecule has 0 N–H and O–H groups in total. The molecular weight excluding hydrogens is 270 g/mol. The molecule has 1 heterocycles. The molecule has 2 rings (SSSR count). The van der Waals surface area contributed by atoms with Gasteiger partial charge in [-0.2, -0.15) is 5.26 Å². The minimum absolute atomic E-state index is 0.108. The molecule has 6 heteroatoms. The van der Waals surface area contributed by atoms with Crippen molar-refractivity contribution in [3.05, 3.63) is 27.6 Å². The van der Waals surface area contributed by atoms with Crippen LogP contribution in [0.5, 0.6) is 5.75 Å². The molecule has 2 unspecified atom stereocenters. The Hall–Kier alpha value is -2.16. The van der Waals surface area contributed by atoms with Gasteiger partial charge in [0.05, 0.1) is 16.7 Å². The van der Waals surface area contributed by atoms with Gasteiger partial charge in [-0.25, -0.2) is 0 Å². The lowest BCUT2D eigenvalue weighted by Crippen LogP contribution is -2.24. The highest BCUT2D eigenvalue weighted by atomic mass is 16.6. The van der Waals surface area contributed by atoms with Crippen molar-refractivity contribution in [3.63, 3.8) is 0 Å². The maximum absolute atomic E-state index is 11.2. The predicted octanol–water partition coefficient (Wildman–Crippen LogP) is 3.49. The largest absolute Gasteiger partial charge is 0.481 e. The fourth-order valence-electron chi connectivity index (χ4n) is 2.46. The number of hydrogen-bond acceptors (Lipinski definition) is 5. The first-order chi connectivity index (χ1) is 9.74. The summed E-state index contributed by atoms with van der Waals surface area (Å²) in [6.45, 7) is 7.36. The quantitative estimate of drug-likeness (QED) is 0.625. The van der Waals surface area contributed by atoms with E-state index in [4.69, 9.17) is 10.00 Å². The maximum atomic E-state index is 11.2. The molecule has 21 heavy (non-hydrogen) atoms. The summed E-state index contributed by atoms with van der Waals surface area (Å²) in [5.41, 5.74) is 0.900. The van der Waals surface area contributed by atoms with Gasteiger partial charge in [0.2, 0.25) is 5.75 Å². The summed E-state index contributed by atoms with van der Waals surface area (Å²) in [4.78, 5) is 15.0. The van der Waals surface area contributed by atoms with Crippen LogP contribution in [0.4, 0.5) is 5.69 Å². The minimum Gasteiger partial charge on any atom is -0.481 e. The third-order valence-electron chi connectivity index (χ3n) is 3.52. The van der Waals surface area contributed by atoms with E-state index in [9.17, 15) is 10.1 Å². The molecule has 1 saturated carbocycles. The first-order valence-corrected chi connectivity index (χ1v) is 6.94. The second-order valence-corrected chi connectivity index (χ2v) is 6.42. The van der Waals surface area contributed by atoms with Crippen LogP contribution in [-0.2, 0) is 0 Å². The highest BCUT2D eigenvalue weighted by molar-refractivity contribution is 5.53. The molecule has 0 aliphatic heterocycles. The molecule has 2 atom stereocenters. The molecule has 1 aromatic heterocycles. The highest BCUT2D eigenvalue weighted by Gasteiger charge is 2.41. The SMILES string of the molecule is Cc1c(C2CC2CC#N)ncc([N+](=O)[O-])c1OC(C)(C)C. The summed E-state index contributed by atoms with van der Waals surface area (Å²) in [7, 11) is 0. The Morgan fingerprint density at radius 1 is 1.57 bits per heavy atom. The molecule has 1 aromatic rings. The zero-order valence-electron chi connectivity index (χ0n) is 12.7. The van der Waals surface area contributed by atoms with Crippen molar-refractivity contribution in [3.8, 4) is 11.8 Å². The van der Waals surface area contributed by atoms with Crippen LogP contribution in [0.2, 0.25) is 0 Å². The molecule has 0 aromatic carbocycles. The van der Waals surface area contributed by atoms with Crippen LogP contribution < -0.4 is 4.74 Å². The van der Waals surface area contributed by atoms with E-state index in [1.807, 2.05) is 20.8 Å². The van der Waals surface area contributed by atoms with E-state index in [2.05, 4.69) is 11.1 Å². The Labute approximate surface area is 123 Å². The highest BCUT2D eigenvalue weighted by Crippen LogP contribution is 2.51. The van der Waals surface area contributed by atoms with Crippen molar-refractivity contribution in [2.75, 3.05) is 0 Å². The van der Waals surface area contributed by atoms with Crippen LogP contribution in [0.15, 0.2) is 6.20 Å². The van der Waals surface area contributed by atoms with Gasteiger partial charge in [0.1, 0.15) is 11.8 Å². The Morgan fingerprint density at radius 3 is 2.76 bits per heavy atom. The van der Waals surface area contributed by atoms with Crippen molar-refractivity contribution in [1.82, 2.24) is 4.98 Å². The van der Waals surface area contributed by atoms with Crippen LogP contribution >= 0.6 is 0 Å². The van der Waals surface area contributed by atoms with E-state index in [0.717, 1.165) is 12.1 Å². The van der Waals surface area contributed by atoms with Crippen molar-refractivity contribution in [1.29, 1.82) is 5.26 Å². The van der Waals surface area contributed by atoms with Crippen LogP contribution in [-0.4, -0.2) is 15.5 Å². The number of nitro groups is 1. The minimum atomic E-state index is -0.524. The Kier molecular flexibility index (Phi) is 3.86. The number of ether oxygens (including phenoxy) is 1. The van der Waals surface area contributed by atoms with E-state index in [-0.39, 0.29) is 11.6 Å². The lowest BCUT2D eigenvalue weighted by Gasteiger charge is -2.23. The first-order valence-electron chi connectivity index (χ1n) is 6.94. The Morgan fingerprint density at radius 2 is 2.24 bits per heavy atom. The van der Waals surface area contributed by atoms with E-state index in [0.29, 0.717) is 23.7 Å². The summed E-state index contributed by atoms with van der Waals surface area (Å²) in [5, 5.41) is 19.9. The molecular formula is C15H19N3O3. The molecule has 6 nitrogen and oxygen atoms in total. The van der Waals surface area contributed by atoms with Crippen molar-refractivity contribution in [2.45, 2.75) is 52.1 Å². The fourth-order valence-corrected chi connectivity index (χ4v) is 2.46. The molecule has 0 radical (unpaired) electrons. The number of rotatable bonds is 4. The van der Waals surface area contributed by atoms with E-state index in [1.165, 1.54) is 6.20 Å². The fraction of sp³-hybridized carbons (Fsp3) is 0.600. The number of nitrogens with zero attached hydrogens (tertiary/aromatic N) is 3. The molecule has 1 aliphatic rings. The average Bonchev–Trinajstić information content (AvgIpc) is 3.09. The molecule has 112 valence electrons.